The summed E-state index contributed by atoms with van der Waals surface area (Å²) in [4.78, 5) is 14.8. The number of anilines is 1. The number of alkyl halides is 3. The van der Waals surface area contributed by atoms with Gasteiger partial charge >= 0.3 is 6.18 Å². The lowest BCUT2D eigenvalue weighted by atomic mass is 10.0. The van der Waals surface area contributed by atoms with E-state index in [9.17, 15) is 23.3 Å². The largest absolute Gasteiger partial charge is 0.416 e. The highest BCUT2D eigenvalue weighted by Crippen LogP contribution is 2.37. The summed E-state index contributed by atoms with van der Waals surface area (Å²) >= 11 is 0. The van der Waals surface area contributed by atoms with Crippen LogP contribution in [0.2, 0.25) is 0 Å². The first kappa shape index (κ1) is 18.4. The Morgan fingerprint density at radius 3 is 2.30 bits per heavy atom. The summed E-state index contributed by atoms with van der Waals surface area (Å²) in [6, 6.07) is 16.1. The molecule has 8 heteroatoms. The van der Waals surface area contributed by atoms with Crippen LogP contribution < -0.4 is 5.32 Å². The monoisotopic (exact) mass is 373 g/mol. The molecule has 0 fully saturated rings. The molecule has 0 saturated heterocycles. The molecule has 0 aliphatic heterocycles. The van der Waals surface area contributed by atoms with Crippen LogP contribution in [0.5, 0.6) is 0 Å². The Hall–Kier alpha value is -3.42. The SMILES string of the molecule is O=[N+]([O-])c1cc(C(F)(F)F)ccc1N[C@H](c1ccccc1)c1ccccn1. The van der Waals surface area contributed by atoms with Crippen molar-refractivity contribution in [2.45, 2.75) is 12.2 Å². The van der Waals surface area contributed by atoms with Gasteiger partial charge in [0.2, 0.25) is 0 Å². The van der Waals surface area contributed by atoms with Crippen LogP contribution in [0.3, 0.4) is 0 Å². The Balaban J connectivity index is 2.05. The van der Waals surface area contributed by atoms with Gasteiger partial charge < -0.3 is 5.32 Å². The van der Waals surface area contributed by atoms with Crippen LogP contribution in [0, 0.1) is 10.1 Å². The normalized spacial score (nSPS) is 12.4. The maximum atomic E-state index is 12.9. The summed E-state index contributed by atoms with van der Waals surface area (Å²) in [5.74, 6) is 0. The van der Waals surface area contributed by atoms with E-state index in [4.69, 9.17) is 0 Å². The lowest BCUT2D eigenvalue weighted by Gasteiger charge is -2.20. The van der Waals surface area contributed by atoms with E-state index >= 15 is 0 Å². The molecule has 0 unspecified atom stereocenters. The Morgan fingerprint density at radius 1 is 1.00 bits per heavy atom. The maximum absolute atomic E-state index is 12.9. The van der Waals surface area contributed by atoms with E-state index in [-0.39, 0.29) is 5.69 Å². The summed E-state index contributed by atoms with van der Waals surface area (Å²) in [5, 5.41) is 14.3. The predicted molar refractivity (Wildman–Crippen MR) is 94.2 cm³/mol. The highest BCUT2D eigenvalue weighted by molar-refractivity contribution is 5.64. The molecule has 1 heterocycles. The first-order chi connectivity index (χ1) is 12.9. The number of halogens is 3. The number of pyridine rings is 1. The summed E-state index contributed by atoms with van der Waals surface area (Å²) in [5.41, 5.74) is -0.397. The second kappa shape index (κ2) is 7.45. The number of aromatic nitrogens is 1. The summed E-state index contributed by atoms with van der Waals surface area (Å²) < 4.78 is 38.7. The Morgan fingerprint density at radius 2 is 1.70 bits per heavy atom. The van der Waals surface area contributed by atoms with E-state index in [2.05, 4.69) is 10.3 Å². The highest BCUT2D eigenvalue weighted by atomic mass is 19.4. The predicted octanol–water partition coefficient (Wildman–Crippen LogP) is 5.21. The highest BCUT2D eigenvalue weighted by Gasteiger charge is 2.33. The fraction of sp³-hybridized carbons (Fsp3) is 0.105. The molecule has 2 aromatic carbocycles. The molecule has 0 aliphatic carbocycles. The molecule has 0 aliphatic rings. The molecule has 0 spiro atoms. The smallest absolute Gasteiger partial charge is 0.367 e. The molecule has 27 heavy (non-hydrogen) atoms. The van der Waals surface area contributed by atoms with E-state index in [1.807, 2.05) is 18.2 Å². The third-order valence-electron chi connectivity index (χ3n) is 3.94. The molecule has 0 radical (unpaired) electrons. The topological polar surface area (TPSA) is 68.1 Å². The molecular weight excluding hydrogens is 359 g/mol. The summed E-state index contributed by atoms with van der Waals surface area (Å²) in [6.07, 6.45) is -3.09. The van der Waals surface area contributed by atoms with Gasteiger partial charge in [-0.05, 0) is 29.8 Å². The average molecular weight is 373 g/mol. The second-order valence-electron chi connectivity index (χ2n) is 5.73. The number of hydrogen-bond acceptors (Lipinski definition) is 4. The van der Waals surface area contributed by atoms with Crippen LogP contribution in [0.4, 0.5) is 24.5 Å². The number of nitro benzene ring substituents is 1. The Labute approximate surface area is 152 Å². The van der Waals surface area contributed by atoms with E-state index in [1.165, 1.54) is 0 Å². The van der Waals surface area contributed by atoms with Crippen molar-refractivity contribution in [1.29, 1.82) is 0 Å². The molecule has 0 bridgehead atoms. The van der Waals surface area contributed by atoms with Crippen LogP contribution >= 0.6 is 0 Å². The van der Waals surface area contributed by atoms with Gasteiger partial charge in [-0.2, -0.15) is 13.2 Å². The zero-order valence-electron chi connectivity index (χ0n) is 13.9. The van der Waals surface area contributed by atoms with Crippen molar-refractivity contribution in [1.82, 2.24) is 4.98 Å². The van der Waals surface area contributed by atoms with E-state index in [0.29, 0.717) is 11.8 Å². The number of hydrogen-bond donors (Lipinski definition) is 1. The molecule has 0 amide bonds. The van der Waals surface area contributed by atoms with Crippen LogP contribution in [0.1, 0.15) is 22.9 Å². The van der Waals surface area contributed by atoms with Crippen LogP contribution in [0.25, 0.3) is 0 Å². The minimum absolute atomic E-state index is 0.0208. The molecule has 1 aromatic heterocycles. The van der Waals surface area contributed by atoms with Crippen molar-refractivity contribution in [3.8, 4) is 0 Å². The zero-order chi connectivity index (χ0) is 19.4. The van der Waals surface area contributed by atoms with Crippen LogP contribution in [0.15, 0.2) is 72.9 Å². The van der Waals surface area contributed by atoms with Crippen LogP contribution in [-0.4, -0.2) is 9.91 Å². The second-order valence-corrected chi connectivity index (χ2v) is 5.73. The fourth-order valence-electron chi connectivity index (χ4n) is 2.66. The minimum atomic E-state index is -4.66. The van der Waals surface area contributed by atoms with E-state index in [1.54, 1.807) is 36.5 Å². The van der Waals surface area contributed by atoms with Crippen molar-refractivity contribution in [3.63, 3.8) is 0 Å². The molecule has 3 rings (SSSR count). The molecule has 5 nitrogen and oxygen atoms in total. The molecule has 1 atom stereocenters. The van der Waals surface area contributed by atoms with Crippen LogP contribution in [-0.2, 0) is 6.18 Å². The Bertz CT molecular complexity index is 892. The first-order valence-electron chi connectivity index (χ1n) is 7.94. The molecule has 0 saturated carbocycles. The van der Waals surface area contributed by atoms with Crippen molar-refractivity contribution < 1.29 is 18.1 Å². The van der Waals surface area contributed by atoms with Crippen molar-refractivity contribution in [2.75, 3.05) is 5.32 Å². The molecule has 3 aromatic rings. The van der Waals surface area contributed by atoms with Crippen molar-refractivity contribution in [3.05, 3.63) is 99.9 Å². The first-order valence-corrected chi connectivity index (χ1v) is 7.94. The van der Waals surface area contributed by atoms with Gasteiger partial charge in [-0.15, -0.1) is 0 Å². The molecule has 138 valence electrons. The lowest BCUT2D eigenvalue weighted by molar-refractivity contribution is -0.384. The fourth-order valence-corrected chi connectivity index (χ4v) is 2.66. The molecule has 1 N–H and O–H groups in total. The van der Waals surface area contributed by atoms with Crippen molar-refractivity contribution >= 4 is 11.4 Å². The summed E-state index contributed by atoms with van der Waals surface area (Å²) in [7, 11) is 0. The summed E-state index contributed by atoms with van der Waals surface area (Å²) in [6.45, 7) is 0. The van der Waals surface area contributed by atoms with E-state index in [0.717, 1.165) is 17.7 Å². The van der Waals surface area contributed by atoms with Gasteiger partial charge in [0.1, 0.15) is 5.69 Å². The third kappa shape index (κ3) is 4.22. The quantitative estimate of drug-likeness (QED) is 0.492. The van der Waals surface area contributed by atoms with E-state index < -0.39 is 28.4 Å². The number of nitrogens with one attached hydrogen (secondary N) is 1. The third-order valence-corrected chi connectivity index (χ3v) is 3.94. The van der Waals surface area contributed by atoms with Gasteiger partial charge in [-0.25, -0.2) is 0 Å². The lowest BCUT2D eigenvalue weighted by Crippen LogP contribution is -2.15. The van der Waals surface area contributed by atoms with Gasteiger partial charge in [0, 0.05) is 12.3 Å². The van der Waals surface area contributed by atoms with Gasteiger partial charge in [0.05, 0.1) is 22.2 Å². The van der Waals surface area contributed by atoms with Crippen molar-refractivity contribution in [2.24, 2.45) is 0 Å². The average Bonchev–Trinajstić information content (AvgIpc) is 2.66. The van der Waals surface area contributed by atoms with Gasteiger partial charge in [-0.3, -0.25) is 15.1 Å². The minimum Gasteiger partial charge on any atom is -0.367 e. The Kier molecular flexibility index (Phi) is 5.07. The number of nitrogens with zero attached hydrogens (tertiary/aromatic N) is 2. The number of rotatable bonds is 5. The van der Waals surface area contributed by atoms with Gasteiger partial charge in [0.25, 0.3) is 5.69 Å². The number of benzene rings is 2. The maximum Gasteiger partial charge on any atom is 0.416 e. The zero-order valence-corrected chi connectivity index (χ0v) is 13.9. The van der Waals surface area contributed by atoms with Gasteiger partial charge in [-0.1, -0.05) is 36.4 Å². The number of nitro groups is 1. The standard InChI is InChI=1S/C19H14F3N3O2/c20-19(21,22)14-9-10-15(17(12-14)25(26)27)24-18(13-6-2-1-3-7-13)16-8-4-5-11-23-16/h1-12,18,24H/t18-/m1/s1. The van der Waals surface area contributed by atoms with Gasteiger partial charge in [0.15, 0.2) is 0 Å². The molecular formula is C19H14F3N3O2.